The van der Waals surface area contributed by atoms with Gasteiger partial charge < -0.3 is 5.73 Å². The quantitative estimate of drug-likeness (QED) is 0.448. The zero-order chi connectivity index (χ0) is 5.70. The van der Waals surface area contributed by atoms with Crippen molar-refractivity contribution in [2.45, 2.75) is 13.8 Å². The van der Waals surface area contributed by atoms with Crippen molar-refractivity contribution in [3.8, 4) is 0 Å². The topological polar surface area (TPSA) is 23.8 Å². The van der Waals surface area contributed by atoms with E-state index in [0.29, 0.717) is 0 Å². The minimum absolute atomic E-state index is 1.23. The van der Waals surface area contributed by atoms with Crippen LogP contribution in [0.3, 0.4) is 0 Å². The molecule has 0 saturated heterocycles. The third-order valence-electron chi connectivity index (χ3n) is 0.526. The first-order valence-corrected chi connectivity index (χ1v) is 2.24. The van der Waals surface area contributed by atoms with E-state index in [0.717, 1.165) is 0 Å². The van der Waals surface area contributed by atoms with Gasteiger partial charge in [-0.3, -0.25) is 0 Å². The highest BCUT2D eigenvalue weighted by Crippen LogP contribution is 1.87. The molecule has 0 aliphatic carbocycles. The highest BCUT2D eigenvalue weighted by molar-refractivity contribution is 5.09. The molecule has 0 aromatic carbocycles. The molecule has 0 aliphatic rings. The predicted molar refractivity (Wildman–Crippen MR) is 32.9 cm³/mol. The average Bonchev–Trinajstić information content (AvgIpc) is 1.61. The van der Waals surface area contributed by atoms with E-state index in [1.807, 2.05) is 19.9 Å². The molecule has 0 aromatic rings. The van der Waals surface area contributed by atoms with Gasteiger partial charge in [0.2, 0.25) is 0 Å². The SMILES string of the molecule is CC(C)=C/C=C/[NH-]. The van der Waals surface area contributed by atoms with Crippen molar-refractivity contribution in [3.63, 3.8) is 0 Å². The molecular formula is C6H10N-. The molecule has 0 aliphatic heterocycles. The minimum Gasteiger partial charge on any atom is -0.705 e. The molecule has 0 aromatic heterocycles. The second-order valence-electron chi connectivity index (χ2n) is 1.60. The van der Waals surface area contributed by atoms with Crippen LogP contribution in [-0.2, 0) is 0 Å². The molecule has 40 valence electrons. The van der Waals surface area contributed by atoms with Crippen LogP contribution in [0.4, 0.5) is 0 Å². The van der Waals surface area contributed by atoms with Crippen LogP contribution in [0.25, 0.3) is 5.73 Å². The van der Waals surface area contributed by atoms with Gasteiger partial charge in [0.05, 0.1) is 0 Å². The van der Waals surface area contributed by atoms with Gasteiger partial charge in [0.15, 0.2) is 0 Å². The van der Waals surface area contributed by atoms with Crippen molar-refractivity contribution in [1.82, 2.24) is 0 Å². The third kappa shape index (κ3) is 5.28. The fourth-order valence-corrected chi connectivity index (χ4v) is 0.241. The summed E-state index contributed by atoms with van der Waals surface area (Å²) >= 11 is 0. The zero-order valence-electron chi connectivity index (χ0n) is 4.73. The van der Waals surface area contributed by atoms with Crippen LogP contribution in [0.5, 0.6) is 0 Å². The normalized spacial score (nSPS) is 9.43. The fraction of sp³-hybridized carbons (Fsp3) is 0.333. The lowest BCUT2D eigenvalue weighted by Crippen LogP contribution is -1.56. The van der Waals surface area contributed by atoms with Crippen molar-refractivity contribution >= 4 is 0 Å². The summed E-state index contributed by atoms with van der Waals surface area (Å²) in [5.41, 5.74) is 7.80. The lowest BCUT2D eigenvalue weighted by Gasteiger charge is -1.82. The maximum Gasteiger partial charge on any atom is -0.0439 e. The molecule has 0 bridgehead atoms. The van der Waals surface area contributed by atoms with E-state index in [4.69, 9.17) is 5.73 Å². The summed E-state index contributed by atoms with van der Waals surface area (Å²) in [6, 6.07) is 0. The molecule has 7 heavy (non-hydrogen) atoms. The summed E-state index contributed by atoms with van der Waals surface area (Å²) in [5, 5.41) is 0. The second kappa shape index (κ2) is 3.47. The Morgan fingerprint density at radius 2 is 2.00 bits per heavy atom. The highest BCUT2D eigenvalue weighted by Gasteiger charge is 1.64. The van der Waals surface area contributed by atoms with Gasteiger partial charge in [0.25, 0.3) is 0 Å². The maximum absolute atomic E-state index is 6.57. The first-order valence-electron chi connectivity index (χ1n) is 2.24. The van der Waals surface area contributed by atoms with Gasteiger partial charge >= 0.3 is 0 Å². The monoisotopic (exact) mass is 96.1 g/mol. The first-order chi connectivity index (χ1) is 3.27. The molecule has 0 rings (SSSR count). The van der Waals surface area contributed by atoms with Gasteiger partial charge in [-0.1, -0.05) is 17.7 Å². The second-order valence-corrected chi connectivity index (χ2v) is 1.60. The molecule has 0 fully saturated rings. The van der Waals surface area contributed by atoms with E-state index in [1.165, 1.54) is 11.8 Å². The fourth-order valence-electron chi connectivity index (χ4n) is 0.241. The maximum atomic E-state index is 6.57. The summed E-state index contributed by atoms with van der Waals surface area (Å²) < 4.78 is 0. The Labute approximate surface area is 44.5 Å². The van der Waals surface area contributed by atoms with Crippen molar-refractivity contribution in [3.05, 3.63) is 29.7 Å². The van der Waals surface area contributed by atoms with Gasteiger partial charge in [0, 0.05) is 0 Å². The summed E-state index contributed by atoms with van der Waals surface area (Å²) in [5.74, 6) is 0. The number of allylic oxidation sites excluding steroid dienone is 3. The first kappa shape index (κ1) is 6.28. The van der Waals surface area contributed by atoms with Crippen LogP contribution < -0.4 is 0 Å². The van der Waals surface area contributed by atoms with E-state index >= 15 is 0 Å². The van der Waals surface area contributed by atoms with Gasteiger partial charge in [-0.15, -0.1) is 0 Å². The number of hydrogen-bond acceptors (Lipinski definition) is 0. The Hall–Kier alpha value is -0.720. The molecule has 1 nitrogen and oxygen atoms in total. The highest BCUT2D eigenvalue weighted by atomic mass is 14.5. The van der Waals surface area contributed by atoms with Crippen molar-refractivity contribution < 1.29 is 0 Å². The van der Waals surface area contributed by atoms with Crippen LogP contribution >= 0.6 is 0 Å². The minimum atomic E-state index is 1.23. The summed E-state index contributed by atoms with van der Waals surface area (Å²) in [4.78, 5) is 0. The largest absolute Gasteiger partial charge is 0.705 e. The lowest BCUT2D eigenvalue weighted by atomic mass is 10.3. The average molecular weight is 96.2 g/mol. The predicted octanol–water partition coefficient (Wildman–Crippen LogP) is 2.52. The molecule has 0 heterocycles. The van der Waals surface area contributed by atoms with Crippen molar-refractivity contribution in [2.75, 3.05) is 0 Å². The van der Waals surface area contributed by atoms with E-state index < -0.39 is 0 Å². The van der Waals surface area contributed by atoms with Gasteiger partial charge in [-0.2, -0.15) is 6.20 Å². The third-order valence-corrected chi connectivity index (χ3v) is 0.526. The van der Waals surface area contributed by atoms with Crippen LogP contribution in [0.1, 0.15) is 13.8 Å². The molecule has 1 N–H and O–H groups in total. The van der Waals surface area contributed by atoms with Gasteiger partial charge in [-0.25, -0.2) is 0 Å². The van der Waals surface area contributed by atoms with E-state index in [9.17, 15) is 0 Å². The van der Waals surface area contributed by atoms with Crippen LogP contribution in [-0.4, -0.2) is 0 Å². The van der Waals surface area contributed by atoms with Crippen LogP contribution in [0.15, 0.2) is 23.9 Å². The lowest BCUT2D eigenvalue weighted by molar-refractivity contribution is 1.39. The van der Waals surface area contributed by atoms with Crippen molar-refractivity contribution in [2.24, 2.45) is 0 Å². The van der Waals surface area contributed by atoms with Gasteiger partial charge in [-0.05, 0) is 13.8 Å². The van der Waals surface area contributed by atoms with Crippen molar-refractivity contribution in [1.29, 1.82) is 0 Å². The van der Waals surface area contributed by atoms with E-state index in [1.54, 1.807) is 6.08 Å². The molecular weight excluding hydrogens is 86.1 g/mol. The number of rotatable bonds is 1. The molecule has 0 radical (unpaired) electrons. The summed E-state index contributed by atoms with van der Waals surface area (Å²) in [6.07, 6.45) is 4.87. The van der Waals surface area contributed by atoms with E-state index in [-0.39, 0.29) is 0 Å². The Bertz CT molecular complexity index is 86.4. The molecule has 0 amide bonds. The Balaban J connectivity index is 3.46. The Morgan fingerprint density at radius 3 is 2.14 bits per heavy atom. The van der Waals surface area contributed by atoms with Crippen LogP contribution in [0, 0.1) is 0 Å². The molecule has 0 spiro atoms. The summed E-state index contributed by atoms with van der Waals surface area (Å²) in [6.45, 7) is 4.00. The molecule has 0 unspecified atom stereocenters. The summed E-state index contributed by atoms with van der Waals surface area (Å²) in [7, 11) is 0. The zero-order valence-corrected chi connectivity index (χ0v) is 4.73. The molecule has 0 atom stereocenters. The number of nitrogens with one attached hydrogen (secondary N) is 1. The smallest absolute Gasteiger partial charge is 0.0439 e. The standard InChI is InChI=1S/C6H10N/c1-6(2)4-3-5-7/h3-5,7H,1-2H3/q-1/b5-3+. The molecule has 1 heteroatoms. The molecule has 0 saturated carbocycles. The number of hydrogen-bond donors (Lipinski definition) is 0. The Kier molecular flexibility index (Phi) is 3.11. The Morgan fingerprint density at radius 1 is 1.43 bits per heavy atom. The van der Waals surface area contributed by atoms with E-state index in [2.05, 4.69) is 0 Å². The van der Waals surface area contributed by atoms with Crippen LogP contribution in [0.2, 0.25) is 0 Å². The van der Waals surface area contributed by atoms with Gasteiger partial charge in [0.1, 0.15) is 0 Å².